The Hall–Kier alpha value is -1.01. The topological polar surface area (TPSA) is 81.2 Å². The van der Waals surface area contributed by atoms with Crippen LogP contribution in [0.4, 0.5) is 5.82 Å². The van der Waals surface area contributed by atoms with Crippen LogP contribution >= 0.6 is 11.8 Å². The third-order valence-corrected chi connectivity index (χ3v) is 2.38. The zero-order valence-electron chi connectivity index (χ0n) is 7.95. The van der Waals surface area contributed by atoms with Gasteiger partial charge in [-0.15, -0.1) is 0 Å². The summed E-state index contributed by atoms with van der Waals surface area (Å²) in [4.78, 5) is 11.2. The van der Waals surface area contributed by atoms with E-state index in [0.717, 1.165) is 5.75 Å². The van der Waals surface area contributed by atoms with E-state index in [0.29, 0.717) is 23.9 Å². The quantitative estimate of drug-likeness (QED) is 0.703. The van der Waals surface area contributed by atoms with E-state index in [1.54, 1.807) is 13.0 Å². The lowest BCUT2D eigenvalue weighted by atomic mass is 10.5. The standard InChI is InChI=1S/C8H13N3O2S/c1-6-4-7(11-13-6)10-8(12)5-14-3-2-9/h4H,2-3,5,9H2,1H3,(H,10,11,12). The fourth-order valence-corrected chi connectivity index (χ4v) is 1.42. The molecule has 0 aliphatic heterocycles. The average molecular weight is 215 g/mol. The third kappa shape index (κ3) is 3.80. The lowest BCUT2D eigenvalue weighted by Crippen LogP contribution is -2.15. The van der Waals surface area contributed by atoms with Crippen LogP contribution < -0.4 is 11.1 Å². The van der Waals surface area contributed by atoms with Crippen molar-refractivity contribution in [3.63, 3.8) is 0 Å². The van der Waals surface area contributed by atoms with Crippen LogP contribution in [0.2, 0.25) is 0 Å². The Balaban J connectivity index is 2.27. The number of aryl methyl sites for hydroxylation is 1. The lowest BCUT2D eigenvalue weighted by Gasteiger charge is -1.99. The molecule has 0 unspecified atom stereocenters. The molecular formula is C8H13N3O2S. The summed E-state index contributed by atoms with van der Waals surface area (Å²) < 4.78 is 4.80. The number of aromatic nitrogens is 1. The molecule has 0 aromatic carbocycles. The second-order valence-corrected chi connectivity index (χ2v) is 3.82. The zero-order valence-corrected chi connectivity index (χ0v) is 8.76. The van der Waals surface area contributed by atoms with Gasteiger partial charge in [0, 0.05) is 18.4 Å². The van der Waals surface area contributed by atoms with Gasteiger partial charge >= 0.3 is 0 Å². The summed E-state index contributed by atoms with van der Waals surface area (Å²) in [5, 5.41) is 6.26. The van der Waals surface area contributed by atoms with Crippen molar-refractivity contribution >= 4 is 23.5 Å². The van der Waals surface area contributed by atoms with Crippen LogP contribution in [0, 0.1) is 6.92 Å². The van der Waals surface area contributed by atoms with Gasteiger partial charge < -0.3 is 15.6 Å². The fourth-order valence-electron chi connectivity index (χ4n) is 0.852. The van der Waals surface area contributed by atoms with Crippen LogP contribution in [-0.4, -0.2) is 29.1 Å². The van der Waals surface area contributed by atoms with E-state index in [-0.39, 0.29) is 5.91 Å². The molecule has 78 valence electrons. The van der Waals surface area contributed by atoms with Crippen LogP contribution in [0.5, 0.6) is 0 Å². The van der Waals surface area contributed by atoms with Crippen LogP contribution in [0.15, 0.2) is 10.6 Å². The van der Waals surface area contributed by atoms with Crippen LogP contribution in [0.1, 0.15) is 5.76 Å². The van der Waals surface area contributed by atoms with E-state index in [1.165, 1.54) is 11.8 Å². The molecule has 5 nitrogen and oxygen atoms in total. The maximum absolute atomic E-state index is 11.2. The molecule has 14 heavy (non-hydrogen) atoms. The van der Waals surface area contributed by atoms with Crippen LogP contribution in [0.25, 0.3) is 0 Å². The SMILES string of the molecule is Cc1cc(NC(=O)CSCCN)no1. The van der Waals surface area contributed by atoms with Gasteiger partial charge in [0.25, 0.3) is 0 Å². The number of nitrogens with zero attached hydrogens (tertiary/aromatic N) is 1. The number of anilines is 1. The van der Waals surface area contributed by atoms with E-state index in [2.05, 4.69) is 10.5 Å². The highest BCUT2D eigenvalue weighted by Crippen LogP contribution is 2.07. The second-order valence-electron chi connectivity index (χ2n) is 2.71. The van der Waals surface area contributed by atoms with Gasteiger partial charge in [-0.3, -0.25) is 4.79 Å². The minimum absolute atomic E-state index is 0.0863. The highest BCUT2D eigenvalue weighted by atomic mass is 32.2. The Bertz CT molecular complexity index is 301. The predicted molar refractivity (Wildman–Crippen MR) is 56.2 cm³/mol. The van der Waals surface area contributed by atoms with Gasteiger partial charge in [0.2, 0.25) is 5.91 Å². The third-order valence-electron chi connectivity index (χ3n) is 1.39. The minimum Gasteiger partial charge on any atom is -0.360 e. The number of carbonyl (C=O) groups excluding carboxylic acids is 1. The van der Waals surface area contributed by atoms with Crippen molar-refractivity contribution < 1.29 is 9.32 Å². The molecule has 0 aliphatic rings. The molecule has 0 spiro atoms. The molecule has 1 rings (SSSR count). The number of carbonyl (C=O) groups is 1. The summed E-state index contributed by atoms with van der Waals surface area (Å²) in [7, 11) is 0. The number of thioether (sulfide) groups is 1. The summed E-state index contributed by atoms with van der Waals surface area (Å²) in [5.74, 6) is 2.22. The summed E-state index contributed by atoms with van der Waals surface area (Å²) >= 11 is 1.49. The zero-order chi connectivity index (χ0) is 10.4. The number of hydrogen-bond acceptors (Lipinski definition) is 5. The smallest absolute Gasteiger partial charge is 0.235 e. The van der Waals surface area contributed by atoms with Gasteiger partial charge in [0.15, 0.2) is 5.82 Å². The number of amides is 1. The number of nitrogens with one attached hydrogen (secondary N) is 1. The van der Waals surface area contributed by atoms with Gasteiger partial charge in [-0.2, -0.15) is 11.8 Å². The Labute approximate surface area is 86.4 Å². The number of hydrogen-bond donors (Lipinski definition) is 2. The molecule has 0 fully saturated rings. The van der Waals surface area contributed by atoms with Crippen LogP contribution in [0.3, 0.4) is 0 Å². The van der Waals surface area contributed by atoms with E-state index in [1.807, 2.05) is 0 Å². The summed E-state index contributed by atoms with van der Waals surface area (Å²) in [6.07, 6.45) is 0. The molecule has 0 saturated carbocycles. The molecule has 0 saturated heterocycles. The van der Waals surface area contributed by atoms with E-state index in [4.69, 9.17) is 10.3 Å². The summed E-state index contributed by atoms with van der Waals surface area (Å²) in [6.45, 7) is 2.35. The molecule has 0 atom stereocenters. The first kappa shape index (κ1) is 11.1. The monoisotopic (exact) mass is 215 g/mol. The maximum Gasteiger partial charge on any atom is 0.235 e. The molecular weight excluding hydrogens is 202 g/mol. The van der Waals surface area contributed by atoms with Crippen molar-refractivity contribution in [3.05, 3.63) is 11.8 Å². The van der Waals surface area contributed by atoms with E-state index < -0.39 is 0 Å². The molecule has 1 aromatic rings. The van der Waals surface area contributed by atoms with Gasteiger partial charge in [-0.1, -0.05) is 5.16 Å². The van der Waals surface area contributed by atoms with Crippen molar-refractivity contribution in [2.45, 2.75) is 6.92 Å². The van der Waals surface area contributed by atoms with E-state index in [9.17, 15) is 4.79 Å². The van der Waals surface area contributed by atoms with Gasteiger partial charge in [0.1, 0.15) is 5.76 Å². The first-order valence-corrected chi connectivity index (χ1v) is 5.39. The van der Waals surface area contributed by atoms with E-state index >= 15 is 0 Å². The Morgan fingerprint density at radius 3 is 3.14 bits per heavy atom. The number of rotatable bonds is 5. The Kier molecular flexibility index (Phi) is 4.48. The Morgan fingerprint density at radius 2 is 2.57 bits per heavy atom. The molecule has 1 amide bonds. The fraction of sp³-hybridized carbons (Fsp3) is 0.500. The molecule has 1 heterocycles. The van der Waals surface area contributed by atoms with Gasteiger partial charge in [-0.05, 0) is 6.92 Å². The summed E-state index contributed by atoms with van der Waals surface area (Å²) in [6, 6.07) is 1.67. The molecule has 3 N–H and O–H groups in total. The van der Waals surface area contributed by atoms with Crippen molar-refractivity contribution in [2.75, 3.05) is 23.4 Å². The van der Waals surface area contributed by atoms with Gasteiger partial charge in [-0.25, -0.2) is 0 Å². The predicted octanol–water partition coefficient (Wildman–Crippen LogP) is 0.613. The molecule has 1 aromatic heterocycles. The van der Waals surface area contributed by atoms with Crippen molar-refractivity contribution in [2.24, 2.45) is 5.73 Å². The molecule has 0 aliphatic carbocycles. The first-order chi connectivity index (χ1) is 6.72. The average Bonchev–Trinajstić information content (AvgIpc) is 2.52. The summed E-state index contributed by atoms with van der Waals surface area (Å²) in [5.41, 5.74) is 5.29. The molecule has 0 bridgehead atoms. The Morgan fingerprint density at radius 1 is 1.79 bits per heavy atom. The van der Waals surface area contributed by atoms with Crippen molar-refractivity contribution in [1.29, 1.82) is 0 Å². The second kappa shape index (κ2) is 5.66. The molecule has 0 radical (unpaired) electrons. The van der Waals surface area contributed by atoms with Gasteiger partial charge in [0.05, 0.1) is 5.75 Å². The number of nitrogens with two attached hydrogens (primary N) is 1. The lowest BCUT2D eigenvalue weighted by molar-refractivity contribution is -0.113. The van der Waals surface area contributed by atoms with Crippen molar-refractivity contribution in [3.8, 4) is 0 Å². The normalized spacial score (nSPS) is 10.1. The first-order valence-electron chi connectivity index (χ1n) is 4.23. The van der Waals surface area contributed by atoms with Crippen molar-refractivity contribution in [1.82, 2.24) is 5.16 Å². The highest BCUT2D eigenvalue weighted by Gasteiger charge is 2.05. The largest absolute Gasteiger partial charge is 0.360 e. The maximum atomic E-state index is 11.2. The molecule has 6 heteroatoms. The van der Waals surface area contributed by atoms with Crippen LogP contribution in [-0.2, 0) is 4.79 Å². The highest BCUT2D eigenvalue weighted by molar-refractivity contribution is 7.99. The minimum atomic E-state index is -0.0863.